The summed E-state index contributed by atoms with van der Waals surface area (Å²) < 4.78 is 1.84. The minimum atomic E-state index is 0.673. The van der Waals surface area contributed by atoms with Crippen LogP contribution in [-0.2, 0) is 6.54 Å². The van der Waals surface area contributed by atoms with Crippen molar-refractivity contribution in [3.05, 3.63) is 35.0 Å². The Bertz CT molecular complexity index is 533. The second-order valence-electron chi connectivity index (χ2n) is 3.80. The van der Waals surface area contributed by atoms with E-state index in [9.17, 15) is 0 Å². The third-order valence-electron chi connectivity index (χ3n) is 2.56. The van der Waals surface area contributed by atoms with Gasteiger partial charge in [-0.15, -0.1) is 0 Å². The van der Waals surface area contributed by atoms with Gasteiger partial charge in [0.2, 0.25) is 0 Å². The number of rotatable bonds is 3. The standard InChI is InChI=1S/C12H15ClN4/c1-3-17-12(11(14)8(2)16-17)15-10-6-4-5-9(13)7-10/h4-7,15H,3,14H2,1-2H3. The Morgan fingerprint density at radius 2 is 2.24 bits per heavy atom. The van der Waals surface area contributed by atoms with Gasteiger partial charge in [-0.1, -0.05) is 17.7 Å². The summed E-state index contributed by atoms with van der Waals surface area (Å²) in [7, 11) is 0. The van der Waals surface area contributed by atoms with E-state index in [-0.39, 0.29) is 0 Å². The summed E-state index contributed by atoms with van der Waals surface area (Å²) in [5, 5.41) is 8.28. The molecule has 17 heavy (non-hydrogen) atoms. The van der Waals surface area contributed by atoms with E-state index in [1.807, 2.05) is 42.8 Å². The SMILES string of the molecule is CCn1nc(C)c(N)c1Nc1cccc(Cl)c1. The van der Waals surface area contributed by atoms with Gasteiger partial charge in [-0.05, 0) is 32.0 Å². The lowest BCUT2D eigenvalue weighted by molar-refractivity contribution is 0.661. The van der Waals surface area contributed by atoms with Crippen LogP contribution in [0.15, 0.2) is 24.3 Å². The molecule has 1 aromatic heterocycles. The molecule has 0 amide bonds. The Morgan fingerprint density at radius 1 is 1.47 bits per heavy atom. The highest BCUT2D eigenvalue weighted by Crippen LogP contribution is 2.27. The molecule has 1 heterocycles. The summed E-state index contributed by atoms with van der Waals surface area (Å²) in [4.78, 5) is 0. The lowest BCUT2D eigenvalue weighted by Crippen LogP contribution is -2.04. The third kappa shape index (κ3) is 2.36. The van der Waals surface area contributed by atoms with Crippen LogP contribution in [0.1, 0.15) is 12.6 Å². The first kappa shape index (κ1) is 11.8. The first-order chi connectivity index (χ1) is 8.11. The molecular weight excluding hydrogens is 236 g/mol. The van der Waals surface area contributed by atoms with Crippen LogP contribution in [0.3, 0.4) is 0 Å². The van der Waals surface area contributed by atoms with E-state index in [2.05, 4.69) is 10.4 Å². The quantitative estimate of drug-likeness (QED) is 0.880. The third-order valence-corrected chi connectivity index (χ3v) is 2.80. The van der Waals surface area contributed by atoms with Crippen molar-refractivity contribution in [2.45, 2.75) is 20.4 Å². The van der Waals surface area contributed by atoms with E-state index in [0.717, 1.165) is 23.7 Å². The van der Waals surface area contributed by atoms with Crippen LogP contribution in [0.4, 0.5) is 17.2 Å². The van der Waals surface area contributed by atoms with Crippen LogP contribution >= 0.6 is 11.6 Å². The van der Waals surface area contributed by atoms with Crippen LogP contribution in [0.5, 0.6) is 0 Å². The first-order valence-corrected chi connectivity index (χ1v) is 5.85. The summed E-state index contributed by atoms with van der Waals surface area (Å²) in [5.41, 5.74) is 8.39. The van der Waals surface area contributed by atoms with Crippen LogP contribution in [0.25, 0.3) is 0 Å². The number of hydrogen-bond donors (Lipinski definition) is 2. The normalized spacial score (nSPS) is 10.5. The van der Waals surface area contributed by atoms with Crippen LogP contribution in [0, 0.1) is 6.92 Å². The predicted molar refractivity (Wildman–Crippen MR) is 71.8 cm³/mol. The molecule has 0 atom stereocenters. The predicted octanol–water partition coefficient (Wildman–Crippen LogP) is 3.19. The molecule has 0 unspecified atom stereocenters. The van der Waals surface area contributed by atoms with Gasteiger partial charge in [-0.2, -0.15) is 5.10 Å². The lowest BCUT2D eigenvalue weighted by atomic mass is 10.3. The highest BCUT2D eigenvalue weighted by Gasteiger charge is 2.11. The van der Waals surface area contributed by atoms with E-state index < -0.39 is 0 Å². The topological polar surface area (TPSA) is 55.9 Å². The molecule has 0 bridgehead atoms. The van der Waals surface area contributed by atoms with Crippen LogP contribution < -0.4 is 11.1 Å². The second-order valence-corrected chi connectivity index (χ2v) is 4.24. The second kappa shape index (κ2) is 4.67. The van der Waals surface area contributed by atoms with E-state index in [1.54, 1.807) is 0 Å². The monoisotopic (exact) mass is 250 g/mol. The van der Waals surface area contributed by atoms with Crippen molar-refractivity contribution >= 4 is 28.8 Å². The van der Waals surface area contributed by atoms with Gasteiger partial charge in [0.05, 0.1) is 11.4 Å². The number of anilines is 3. The molecule has 4 nitrogen and oxygen atoms in total. The van der Waals surface area contributed by atoms with Gasteiger partial charge in [-0.25, -0.2) is 4.68 Å². The Kier molecular flexibility index (Phi) is 3.24. The van der Waals surface area contributed by atoms with Gasteiger partial charge in [0.25, 0.3) is 0 Å². The average molecular weight is 251 g/mol. The zero-order valence-electron chi connectivity index (χ0n) is 9.87. The molecule has 90 valence electrons. The smallest absolute Gasteiger partial charge is 0.152 e. The van der Waals surface area contributed by atoms with Crippen molar-refractivity contribution in [3.63, 3.8) is 0 Å². The molecule has 1 aromatic carbocycles. The van der Waals surface area contributed by atoms with Crippen molar-refractivity contribution in [1.29, 1.82) is 0 Å². The van der Waals surface area contributed by atoms with Gasteiger partial charge < -0.3 is 11.1 Å². The molecule has 0 radical (unpaired) electrons. The van der Waals surface area contributed by atoms with Crippen LogP contribution in [0.2, 0.25) is 5.02 Å². The van der Waals surface area contributed by atoms with Crippen molar-refractivity contribution in [2.75, 3.05) is 11.1 Å². The molecular formula is C12H15ClN4. The number of nitrogens with one attached hydrogen (secondary N) is 1. The minimum absolute atomic E-state index is 0.673. The molecule has 0 saturated heterocycles. The van der Waals surface area contributed by atoms with E-state index >= 15 is 0 Å². The lowest BCUT2D eigenvalue weighted by Gasteiger charge is -2.09. The number of halogens is 1. The molecule has 0 saturated carbocycles. The fourth-order valence-corrected chi connectivity index (χ4v) is 1.85. The van der Waals surface area contributed by atoms with Crippen LogP contribution in [-0.4, -0.2) is 9.78 Å². The maximum Gasteiger partial charge on any atom is 0.152 e. The summed E-state index contributed by atoms with van der Waals surface area (Å²) in [6, 6.07) is 7.51. The molecule has 0 aliphatic rings. The fraction of sp³-hybridized carbons (Fsp3) is 0.250. The van der Waals surface area contributed by atoms with Crippen molar-refractivity contribution in [3.8, 4) is 0 Å². The van der Waals surface area contributed by atoms with Crippen molar-refractivity contribution in [2.24, 2.45) is 0 Å². The Labute approximate surface area is 105 Å². The number of nitrogens with two attached hydrogens (primary N) is 1. The molecule has 2 rings (SSSR count). The average Bonchev–Trinajstić information content (AvgIpc) is 2.57. The zero-order valence-corrected chi connectivity index (χ0v) is 10.6. The van der Waals surface area contributed by atoms with Gasteiger partial charge in [0.1, 0.15) is 0 Å². The summed E-state index contributed by atoms with van der Waals surface area (Å²) >= 11 is 5.94. The molecule has 3 N–H and O–H groups in total. The van der Waals surface area contributed by atoms with Gasteiger partial charge in [-0.3, -0.25) is 0 Å². The number of nitrogen functional groups attached to an aromatic ring is 1. The maximum atomic E-state index is 5.99. The largest absolute Gasteiger partial charge is 0.394 e. The minimum Gasteiger partial charge on any atom is -0.394 e. The Hall–Kier alpha value is -1.68. The molecule has 0 aliphatic heterocycles. The molecule has 2 aromatic rings. The number of aryl methyl sites for hydroxylation is 2. The number of aromatic nitrogens is 2. The number of hydrogen-bond acceptors (Lipinski definition) is 3. The van der Waals surface area contributed by atoms with E-state index in [4.69, 9.17) is 17.3 Å². The Balaban J connectivity index is 2.35. The number of nitrogens with zero attached hydrogens (tertiary/aromatic N) is 2. The van der Waals surface area contributed by atoms with Crippen molar-refractivity contribution < 1.29 is 0 Å². The summed E-state index contributed by atoms with van der Waals surface area (Å²) in [6.07, 6.45) is 0. The van der Waals surface area contributed by atoms with E-state index in [0.29, 0.717) is 10.7 Å². The number of benzene rings is 1. The van der Waals surface area contributed by atoms with Crippen molar-refractivity contribution in [1.82, 2.24) is 9.78 Å². The van der Waals surface area contributed by atoms with Gasteiger partial charge >= 0.3 is 0 Å². The van der Waals surface area contributed by atoms with E-state index in [1.165, 1.54) is 0 Å². The van der Waals surface area contributed by atoms with Gasteiger partial charge in [0, 0.05) is 17.3 Å². The highest BCUT2D eigenvalue weighted by molar-refractivity contribution is 6.30. The molecule has 0 aliphatic carbocycles. The summed E-state index contributed by atoms with van der Waals surface area (Å²) in [5.74, 6) is 0.812. The van der Waals surface area contributed by atoms with Gasteiger partial charge in [0.15, 0.2) is 5.82 Å². The molecule has 5 heteroatoms. The summed E-state index contributed by atoms with van der Waals surface area (Å²) in [6.45, 7) is 4.68. The molecule has 0 spiro atoms. The first-order valence-electron chi connectivity index (χ1n) is 5.47. The molecule has 0 fully saturated rings. The maximum absolute atomic E-state index is 5.99. The highest BCUT2D eigenvalue weighted by atomic mass is 35.5. The Morgan fingerprint density at radius 3 is 2.88 bits per heavy atom. The fourth-order valence-electron chi connectivity index (χ4n) is 1.66. The zero-order chi connectivity index (χ0) is 12.4.